The van der Waals surface area contributed by atoms with Gasteiger partial charge in [-0.1, -0.05) is 73.5 Å². The van der Waals surface area contributed by atoms with E-state index in [1.165, 1.54) is 0 Å². The predicted molar refractivity (Wildman–Crippen MR) is 108 cm³/mol. The van der Waals surface area contributed by atoms with Crippen LogP contribution in [0.25, 0.3) is 0 Å². The van der Waals surface area contributed by atoms with E-state index < -0.39 is 23.0 Å². The molecule has 6 nitrogen and oxygen atoms in total. The molecule has 6 heteroatoms. The Balaban J connectivity index is 1.95. The van der Waals surface area contributed by atoms with Crippen molar-refractivity contribution in [3.63, 3.8) is 0 Å². The smallest absolute Gasteiger partial charge is 0.324 e. The minimum absolute atomic E-state index is 0.222. The fraction of sp³-hybridized carbons (Fsp3) is 0.364. The monoisotopic (exact) mass is 384 g/mol. The third-order valence-corrected chi connectivity index (χ3v) is 5.07. The number of rotatable bonds is 11. The van der Waals surface area contributed by atoms with Gasteiger partial charge in [0.25, 0.3) is 0 Å². The molecule has 0 fully saturated rings. The predicted octanol–water partition coefficient (Wildman–Crippen LogP) is 2.60. The second-order valence-corrected chi connectivity index (χ2v) is 7.45. The first-order valence-corrected chi connectivity index (χ1v) is 9.38. The highest BCUT2D eigenvalue weighted by Gasteiger charge is 2.36. The third kappa shape index (κ3) is 5.90. The number of nitrogens with two attached hydrogens (primary N) is 2. The zero-order valence-corrected chi connectivity index (χ0v) is 15.9. The van der Waals surface area contributed by atoms with Crippen LogP contribution in [0.3, 0.4) is 0 Å². The summed E-state index contributed by atoms with van der Waals surface area (Å²) in [6.07, 6.45) is 1.91. The molecule has 0 amide bonds. The van der Waals surface area contributed by atoms with E-state index in [4.69, 9.17) is 11.5 Å². The molecule has 2 rings (SSSR count). The Bertz CT molecular complexity index is 714. The second-order valence-electron chi connectivity index (χ2n) is 7.45. The van der Waals surface area contributed by atoms with Gasteiger partial charge in [0.2, 0.25) is 0 Å². The molecule has 2 aromatic carbocycles. The summed E-state index contributed by atoms with van der Waals surface area (Å²) in [6, 6.07) is 18.5. The fourth-order valence-electron chi connectivity index (χ4n) is 3.34. The van der Waals surface area contributed by atoms with Crippen molar-refractivity contribution in [2.45, 2.75) is 49.6 Å². The molecule has 150 valence electrons. The minimum Gasteiger partial charge on any atom is -0.480 e. The van der Waals surface area contributed by atoms with Crippen LogP contribution in [0.2, 0.25) is 0 Å². The Labute approximate surface area is 165 Å². The van der Waals surface area contributed by atoms with Gasteiger partial charge in [0.15, 0.2) is 0 Å². The van der Waals surface area contributed by atoms with Crippen LogP contribution in [-0.4, -0.2) is 33.2 Å². The standard InChI is InChI=1S/C22H28N2O4/c23-21(19(25)26,15-17-9-3-1-4-10-17)13-7-8-14-22(24,20(27)28)16-18-11-5-2-6-12-18/h1-6,9-12H,7-8,13-16,23-24H2,(H,25,26)(H,27,28). The Morgan fingerprint density at radius 2 is 1.00 bits per heavy atom. The molecule has 2 atom stereocenters. The van der Waals surface area contributed by atoms with E-state index in [0.717, 1.165) is 11.1 Å². The van der Waals surface area contributed by atoms with Crippen molar-refractivity contribution in [2.75, 3.05) is 0 Å². The van der Waals surface area contributed by atoms with Crippen molar-refractivity contribution >= 4 is 11.9 Å². The van der Waals surface area contributed by atoms with Gasteiger partial charge in [0.05, 0.1) is 0 Å². The van der Waals surface area contributed by atoms with Crippen LogP contribution >= 0.6 is 0 Å². The summed E-state index contributed by atoms with van der Waals surface area (Å²) in [5.74, 6) is -2.12. The van der Waals surface area contributed by atoms with E-state index in [1.54, 1.807) is 0 Å². The lowest BCUT2D eigenvalue weighted by molar-refractivity contribution is -0.145. The normalized spacial score (nSPS) is 15.4. The van der Waals surface area contributed by atoms with Crippen LogP contribution in [0.15, 0.2) is 60.7 Å². The summed E-state index contributed by atoms with van der Waals surface area (Å²) in [5.41, 5.74) is 11.3. The van der Waals surface area contributed by atoms with Gasteiger partial charge in [-0.15, -0.1) is 0 Å². The molecule has 0 aliphatic carbocycles. The third-order valence-electron chi connectivity index (χ3n) is 5.07. The van der Waals surface area contributed by atoms with E-state index in [9.17, 15) is 19.8 Å². The largest absolute Gasteiger partial charge is 0.480 e. The van der Waals surface area contributed by atoms with Crippen LogP contribution < -0.4 is 11.5 Å². The second kappa shape index (κ2) is 9.48. The molecule has 28 heavy (non-hydrogen) atoms. The summed E-state index contributed by atoms with van der Waals surface area (Å²) in [7, 11) is 0. The number of hydrogen-bond acceptors (Lipinski definition) is 4. The maximum Gasteiger partial charge on any atom is 0.324 e. The highest BCUT2D eigenvalue weighted by Crippen LogP contribution is 2.23. The molecule has 0 heterocycles. The van der Waals surface area contributed by atoms with Gasteiger partial charge in [0, 0.05) is 12.8 Å². The fourth-order valence-corrected chi connectivity index (χ4v) is 3.34. The SMILES string of the molecule is NC(CCCCC(N)(Cc1ccccc1)C(=O)O)(Cc1ccccc1)C(=O)O. The number of carbonyl (C=O) groups is 2. The van der Waals surface area contributed by atoms with Crippen molar-refractivity contribution in [1.82, 2.24) is 0 Å². The van der Waals surface area contributed by atoms with Crippen molar-refractivity contribution in [3.8, 4) is 0 Å². The number of aliphatic carboxylic acids is 2. The van der Waals surface area contributed by atoms with Crippen LogP contribution in [0.4, 0.5) is 0 Å². The van der Waals surface area contributed by atoms with Crippen molar-refractivity contribution in [1.29, 1.82) is 0 Å². The molecular weight excluding hydrogens is 356 g/mol. The lowest BCUT2D eigenvalue weighted by atomic mass is 9.83. The summed E-state index contributed by atoms with van der Waals surface area (Å²) in [6.45, 7) is 0. The summed E-state index contributed by atoms with van der Waals surface area (Å²) in [4.78, 5) is 23.4. The maximum absolute atomic E-state index is 11.7. The highest BCUT2D eigenvalue weighted by molar-refractivity contribution is 5.79. The molecule has 6 N–H and O–H groups in total. The summed E-state index contributed by atoms with van der Waals surface area (Å²) < 4.78 is 0. The van der Waals surface area contributed by atoms with E-state index in [0.29, 0.717) is 12.8 Å². The first-order valence-electron chi connectivity index (χ1n) is 9.38. The van der Waals surface area contributed by atoms with Gasteiger partial charge in [-0.05, 0) is 24.0 Å². The topological polar surface area (TPSA) is 127 Å². The van der Waals surface area contributed by atoms with Gasteiger partial charge in [-0.25, -0.2) is 0 Å². The Morgan fingerprint density at radius 1 is 0.679 bits per heavy atom. The quantitative estimate of drug-likeness (QED) is 0.441. The molecule has 0 radical (unpaired) electrons. The molecule has 2 unspecified atom stereocenters. The maximum atomic E-state index is 11.7. The lowest BCUT2D eigenvalue weighted by Gasteiger charge is -2.27. The van der Waals surface area contributed by atoms with Gasteiger partial charge in [0.1, 0.15) is 11.1 Å². The van der Waals surface area contributed by atoms with Gasteiger partial charge in [-0.3, -0.25) is 9.59 Å². The van der Waals surface area contributed by atoms with Crippen LogP contribution in [0.5, 0.6) is 0 Å². The summed E-state index contributed by atoms with van der Waals surface area (Å²) in [5, 5.41) is 19.2. The van der Waals surface area contributed by atoms with Crippen LogP contribution in [0, 0.1) is 0 Å². The molecule has 0 bridgehead atoms. The Kier molecular flexibility index (Phi) is 7.31. The van der Waals surface area contributed by atoms with E-state index >= 15 is 0 Å². The molecule has 0 aliphatic heterocycles. The first-order chi connectivity index (χ1) is 13.3. The number of carboxylic acid groups (broad SMARTS) is 2. The molecular formula is C22H28N2O4. The number of hydrogen-bond donors (Lipinski definition) is 4. The van der Waals surface area contributed by atoms with Gasteiger partial charge >= 0.3 is 11.9 Å². The van der Waals surface area contributed by atoms with Crippen molar-refractivity contribution < 1.29 is 19.8 Å². The molecule has 0 aliphatic rings. The van der Waals surface area contributed by atoms with Crippen molar-refractivity contribution in [2.24, 2.45) is 11.5 Å². The number of unbranched alkanes of at least 4 members (excludes halogenated alkanes) is 1. The molecule has 0 aromatic heterocycles. The number of carboxylic acids is 2. The zero-order valence-electron chi connectivity index (χ0n) is 15.9. The molecule has 0 spiro atoms. The van der Waals surface area contributed by atoms with Gasteiger partial charge < -0.3 is 21.7 Å². The molecule has 0 saturated carbocycles. The van der Waals surface area contributed by atoms with E-state index in [2.05, 4.69) is 0 Å². The Hall–Kier alpha value is -2.70. The first kappa shape index (κ1) is 21.6. The van der Waals surface area contributed by atoms with Crippen LogP contribution in [0.1, 0.15) is 36.8 Å². The number of benzene rings is 2. The Morgan fingerprint density at radius 3 is 1.29 bits per heavy atom. The van der Waals surface area contributed by atoms with E-state index in [1.807, 2.05) is 60.7 Å². The van der Waals surface area contributed by atoms with Crippen LogP contribution in [-0.2, 0) is 22.4 Å². The van der Waals surface area contributed by atoms with Gasteiger partial charge in [-0.2, -0.15) is 0 Å². The zero-order chi connectivity index (χ0) is 20.6. The highest BCUT2D eigenvalue weighted by atomic mass is 16.4. The minimum atomic E-state index is -1.39. The average molecular weight is 384 g/mol. The summed E-state index contributed by atoms with van der Waals surface area (Å²) >= 11 is 0. The molecule has 0 saturated heterocycles. The average Bonchev–Trinajstić information content (AvgIpc) is 2.66. The molecule has 2 aromatic rings. The lowest BCUT2D eigenvalue weighted by Crippen LogP contribution is -2.51. The van der Waals surface area contributed by atoms with Crippen molar-refractivity contribution in [3.05, 3.63) is 71.8 Å². The van der Waals surface area contributed by atoms with E-state index in [-0.39, 0.29) is 25.7 Å².